The lowest BCUT2D eigenvalue weighted by Crippen LogP contribution is -2.39. The van der Waals surface area contributed by atoms with Gasteiger partial charge in [0.2, 0.25) is 0 Å². The van der Waals surface area contributed by atoms with Gasteiger partial charge in [-0.05, 0) is 44.4 Å². The second kappa shape index (κ2) is 5.89. The van der Waals surface area contributed by atoms with Crippen LogP contribution in [0.3, 0.4) is 0 Å². The highest BCUT2D eigenvalue weighted by Crippen LogP contribution is 2.42. The highest BCUT2D eigenvalue weighted by molar-refractivity contribution is 6.04. The summed E-state index contributed by atoms with van der Waals surface area (Å²) >= 11 is 0. The molecule has 2 aliphatic heterocycles. The minimum Gasteiger partial charge on any atom is -0.307 e. The van der Waals surface area contributed by atoms with Crippen molar-refractivity contribution in [3.63, 3.8) is 0 Å². The van der Waals surface area contributed by atoms with E-state index in [0.29, 0.717) is 18.7 Å². The van der Waals surface area contributed by atoms with Gasteiger partial charge in [-0.1, -0.05) is 18.1 Å². The van der Waals surface area contributed by atoms with E-state index in [9.17, 15) is 22.4 Å². The van der Waals surface area contributed by atoms with Gasteiger partial charge in [0.1, 0.15) is 5.82 Å². The zero-order valence-corrected chi connectivity index (χ0v) is 14.1. The van der Waals surface area contributed by atoms with Crippen LogP contribution in [0.2, 0.25) is 0 Å². The highest BCUT2D eigenvalue weighted by Gasteiger charge is 2.38. The zero-order chi connectivity index (χ0) is 18.5. The molecule has 25 heavy (non-hydrogen) atoms. The summed E-state index contributed by atoms with van der Waals surface area (Å²) in [4.78, 5) is 13.9. The molecule has 3 nitrogen and oxygen atoms in total. The SMILES string of the molecule is CCC1=C(C)CC(C)=C2c3cc(C(F)(F)F)c(F)cc3NC(=O)N2C1. The Bertz CT molecular complexity index is 821. The Morgan fingerprint density at radius 1 is 1.20 bits per heavy atom. The molecule has 1 aromatic carbocycles. The summed E-state index contributed by atoms with van der Waals surface area (Å²) in [7, 11) is 0. The summed E-state index contributed by atoms with van der Waals surface area (Å²) < 4.78 is 53.2. The Labute approximate surface area is 143 Å². The van der Waals surface area contributed by atoms with Gasteiger partial charge < -0.3 is 5.32 Å². The van der Waals surface area contributed by atoms with Gasteiger partial charge in [0.25, 0.3) is 0 Å². The number of nitrogens with one attached hydrogen (secondary N) is 1. The summed E-state index contributed by atoms with van der Waals surface area (Å²) in [6, 6.07) is 1.09. The standard InChI is InChI=1S/C18H18F4N2O/c1-4-11-8-24-16(10(3)5-9(11)2)12-6-13(18(20,21)22)14(19)7-15(12)23-17(24)25/h6-7H,4-5,8H2,1-3H3,(H,23,25). The van der Waals surface area contributed by atoms with E-state index in [4.69, 9.17) is 0 Å². The van der Waals surface area contributed by atoms with Crippen molar-refractivity contribution in [2.75, 3.05) is 11.9 Å². The van der Waals surface area contributed by atoms with Crippen LogP contribution >= 0.6 is 0 Å². The first-order chi connectivity index (χ1) is 11.6. The number of hydrogen-bond donors (Lipinski definition) is 1. The lowest BCUT2D eigenvalue weighted by molar-refractivity contribution is -0.140. The number of carbonyl (C=O) groups is 1. The Kier molecular flexibility index (Phi) is 4.13. The Hall–Kier alpha value is -2.31. The smallest absolute Gasteiger partial charge is 0.307 e. The second-order valence-corrected chi connectivity index (χ2v) is 6.43. The molecule has 3 rings (SSSR count). The third kappa shape index (κ3) is 2.92. The molecular formula is C18H18F4N2O. The molecule has 7 heteroatoms. The first-order valence-electron chi connectivity index (χ1n) is 8.00. The fourth-order valence-electron chi connectivity index (χ4n) is 3.48. The number of benzene rings is 1. The molecular weight excluding hydrogens is 336 g/mol. The first kappa shape index (κ1) is 17.5. The summed E-state index contributed by atoms with van der Waals surface area (Å²) in [5, 5.41) is 2.51. The fraction of sp³-hybridized carbons (Fsp3) is 0.389. The predicted octanol–water partition coefficient (Wildman–Crippen LogP) is 5.55. The van der Waals surface area contributed by atoms with E-state index in [0.717, 1.165) is 35.3 Å². The molecule has 0 spiro atoms. The van der Waals surface area contributed by atoms with Gasteiger partial charge in [-0.25, -0.2) is 9.18 Å². The van der Waals surface area contributed by atoms with Gasteiger partial charge >= 0.3 is 12.2 Å². The number of nitrogens with zero attached hydrogens (tertiary/aromatic N) is 1. The molecule has 1 aromatic rings. The Morgan fingerprint density at radius 2 is 1.88 bits per heavy atom. The number of halogens is 4. The van der Waals surface area contributed by atoms with Gasteiger partial charge in [0.15, 0.2) is 0 Å². The van der Waals surface area contributed by atoms with Gasteiger partial charge in [0, 0.05) is 12.1 Å². The fourth-order valence-corrected chi connectivity index (χ4v) is 3.48. The number of urea groups is 1. The maximum atomic E-state index is 13.9. The number of hydrogen-bond acceptors (Lipinski definition) is 1. The monoisotopic (exact) mass is 354 g/mol. The zero-order valence-electron chi connectivity index (χ0n) is 14.1. The number of anilines is 1. The van der Waals surface area contributed by atoms with Crippen molar-refractivity contribution in [1.29, 1.82) is 0 Å². The van der Waals surface area contributed by atoms with Crippen molar-refractivity contribution in [1.82, 2.24) is 4.90 Å². The van der Waals surface area contributed by atoms with Crippen LogP contribution in [0.5, 0.6) is 0 Å². The van der Waals surface area contributed by atoms with Gasteiger partial charge in [-0.15, -0.1) is 0 Å². The maximum Gasteiger partial charge on any atom is 0.419 e. The van der Waals surface area contributed by atoms with Crippen LogP contribution in [0.4, 0.5) is 28.0 Å². The van der Waals surface area contributed by atoms with Crippen LogP contribution < -0.4 is 5.32 Å². The lowest BCUT2D eigenvalue weighted by atomic mass is 9.96. The molecule has 0 aromatic heterocycles. The van der Waals surface area contributed by atoms with Crippen LogP contribution in [0.1, 0.15) is 44.7 Å². The summed E-state index contributed by atoms with van der Waals surface area (Å²) in [5.74, 6) is -1.39. The quantitative estimate of drug-likeness (QED) is 0.520. The molecule has 0 atom stereocenters. The predicted molar refractivity (Wildman–Crippen MR) is 87.3 cm³/mol. The maximum absolute atomic E-state index is 13.9. The molecule has 0 aliphatic carbocycles. The van der Waals surface area contributed by atoms with E-state index in [2.05, 4.69) is 5.32 Å². The number of carbonyl (C=O) groups excluding carboxylic acids is 1. The van der Waals surface area contributed by atoms with E-state index in [1.165, 1.54) is 4.90 Å². The van der Waals surface area contributed by atoms with Crippen LogP contribution in [0.25, 0.3) is 5.70 Å². The van der Waals surface area contributed by atoms with Crippen LogP contribution in [-0.2, 0) is 6.18 Å². The minimum absolute atomic E-state index is 0.0682. The average molecular weight is 354 g/mol. The Balaban J connectivity index is 2.22. The largest absolute Gasteiger partial charge is 0.419 e. The normalized spacial score (nSPS) is 18.0. The number of alkyl halides is 3. The molecule has 0 radical (unpaired) electrons. The molecule has 2 aliphatic rings. The van der Waals surface area contributed by atoms with Gasteiger partial charge in [0.05, 0.1) is 16.9 Å². The minimum atomic E-state index is -4.80. The average Bonchev–Trinajstić information content (AvgIpc) is 2.62. The first-order valence-corrected chi connectivity index (χ1v) is 8.00. The lowest BCUT2D eigenvalue weighted by Gasteiger charge is -2.33. The van der Waals surface area contributed by atoms with Gasteiger partial charge in [-0.2, -0.15) is 13.2 Å². The van der Waals surface area contributed by atoms with Crippen molar-refractivity contribution >= 4 is 17.4 Å². The number of amides is 2. The molecule has 2 amide bonds. The number of rotatable bonds is 1. The van der Waals surface area contributed by atoms with E-state index in [1.54, 1.807) is 6.92 Å². The summed E-state index contributed by atoms with van der Waals surface area (Å²) in [6.45, 7) is 6.06. The topological polar surface area (TPSA) is 32.3 Å². The number of fused-ring (bicyclic) bond motifs is 3. The second-order valence-electron chi connectivity index (χ2n) is 6.43. The molecule has 0 unspecified atom stereocenters. The van der Waals surface area contributed by atoms with Crippen molar-refractivity contribution in [3.05, 3.63) is 45.8 Å². The molecule has 2 heterocycles. The molecule has 134 valence electrons. The third-order valence-corrected chi connectivity index (χ3v) is 4.74. The summed E-state index contributed by atoms with van der Waals surface area (Å²) in [5.41, 5.74) is 2.35. The molecule has 0 saturated heterocycles. The molecule has 0 bridgehead atoms. The van der Waals surface area contributed by atoms with Gasteiger partial charge in [-0.3, -0.25) is 4.90 Å². The Morgan fingerprint density at radius 3 is 2.48 bits per heavy atom. The van der Waals surface area contributed by atoms with Crippen molar-refractivity contribution in [3.8, 4) is 0 Å². The highest BCUT2D eigenvalue weighted by atomic mass is 19.4. The van der Waals surface area contributed by atoms with E-state index < -0.39 is 23.6 Å². The van der Waals surface area contributed by atoms with E-state index in [-0.39, 0.29) is 11.3 Å². The third-order valence-electron chi connectivity index (χ3n) is 4.74. The van der Waals surface area contributed by atoms with Crippen molar-refractivity contribution < 1.29 is 22.4 Å². The van der Waals surface area contributed by atoms with Crippen molar-refractivity contribution in [2.24, 2.45) is 0 Å². The van der Waals surface area contributed by atoms with Crippen LogP contribution in [0.15, 0.2) is 28.9 Å². The van der Waals surface area contributed by atoms with Crippen LogP contribution in [0, 0.1) is 5.82 Å². The summed E-state index contributed by atoms with van der Waals surface area (Å²) in [6.07, 6.45) is -3.48. The molecule has 1 N–H and O–H groups in total. The van der Waals surface area contributed by atoms with Crippen molar-refractivity contribution in [2.45, 2.75) is 39.8 Å². The van der Waals surface area contributed by atoms with Crippen LogP contribution in [-0.4, -0.2) is 17.5 Å². The molecule has 0 fully saturated rings. The van der Waals surface area contributed by atoms with E-state index in [1.807, 2.05) is 13.8 Å². The van der Waals surface area contributed by atoms with E-state index >= 15 is 0 Å². The molecule has 0 saturated carbocycles. The number of allylic oxidation sites excluding steroid dienone is 2.